The van der Waals surface area contributed by atoms with Crippen molar-refractivity contribution in [2.75, 3.05) is 19.8 Å². The number of hydrogen-bond acceptors (Lipinski definition) is 2. The molecule has 0 aromatic carbocycles. The van der Waals surface area contributed by atoms with Crippen LogP contribution in [0.15, 0.2) is 12.3 Å². The minimum atomic E-state index is 0.456. The lowest BCUT2D eigenvalue weighted by Crippen LogP contribution is -2.00. The highest BCUT2D eigenvalue weighted by atomic mass is 16.5. The maximum absolute atomic E-state index is 5.00. The van der Waals surface area contributed by atoms with Crippen molar-refractivity contribution in [2.24, 2.45) is 0 Å². The van der Waals surface area contributed by atoms with E-state index < -0.39 is 0 Å². The van der Waals surface area contributed by atoms with Crippen molar-refractivity contribution in [2.45, 2.75) is 6.92 Å². The molecule has 0 bridgehead atoms. The summed E-state index contributed by atoms with van der Waals surface area (Å²) in [6.07, 6.45) is 0. The molecule has 0 unspecified atom stereocenters. The molecular formula is C7H13O2. The summed E-state index contributed by atoms with van der Waals surface area (Å²) in [5.74, 6) is 0.668. The SMILES string of the molecule is [CH2]COCC(=C)OCC. The van der Waals surface area contributed by atoms with Gasteiger partial charge in [0.25, 0.3) is 0 Å². The molecule has 0 fully saturated rings. The lowest BCUT2D eigenvalue weighted by molar-refractivity contribution is 0.119. The maximum atomic E-state index is 5.00. The molecule has 0 aliphatic carbocycles. The molecule has 1 radical (unpaired) electrons. The molecule has 0 aliphatic heterocycles. The Hall–Kier alpha value is -0.500. The monoisotopic (exact) mass is 129 g/mol. The highest BCUT2D eigenvalue weighted by Crippen LogP contribution is 1.92. The molecule has 0 aromatic heterocycles. The van der Waals surface area contributed by atoms with E-state index in [0.717, 1.165) is 0 Å². The Morgan fingerprint density at radius 2 is 2.22 bits per heavy atom. The third-order valence-electron chi connectivity index (χ3n) is 0.756. The molecule has 0 saturated heterocycles. The fourth-order valence-electron chi connectivity index (χ4n) is 0.432. The predicted molar refractivity (Wildman–Crippen MR) is 36.9 cm³/mol. The van der Waals surface area contributed by atoms with E-state index in [9.17, 15) is 0 Å². The van der Waals surface area contributed by atoms with Crippen molar-refractivity contribution in [1.82, 2.24) is 0 Å². The summed E-state index contributed by atoms with van der Waals surface area (Å²) < 4.78 is 9.91. The molecule has 0 spiro atoms. The summed E-state index contributed by atoms with van der Waals surface area (Å²) in [4.78, 5) is 0. The number of ether oxygens (including phenoxy) is 2. The van der Waals surface area contributed by atoms with Gasteiger partial charge in [-0.3, -0.25) is 0 Å². The maximum Gasteiger partial charge on any atom is 0.114 e. The van der Waals surface area contributed by atoms with Crippen molar-refractivity contribution in [3.05, 3.63) is 19.3 Å². The average molecular weight is 129 g/mol. The van der Waals surface area contributed by atoms with Gasteiger partial charge in [-0.2, -0.15) is 0 Å². The molecule has 53 valence electrons. The lowest BCUT2D eigenvalue weighted by atomic mass is 10.6. The van der Waals surface area contributed by atoms with Gasteiger partial charge in [-0.15, -0.1) is 0 Å². The van der Waals surface area contributed by atoms with Crippen molar-refractivity contribution >= 4 is 0 Å². The van der Waals surface area contributed by atoms with Gasteiger partial charge in [0.05, 0.1) is 6.61 Å². The predicted octanol–water partition coefficient (Wildman–Crippen LogP) is 1.39. The van der Waals surface area contributed by atoms with E-state index in [2.05, 4.69) is 13.5 Å². The summed E-state index contributed by atoms with van der Waals surface area (Å²) in [5.41, 5.74) is 0. The Kier molecular flexibility index (Phi) is 5.32. The smallest absolute Gasteiger partial charge is 0.114 e. The summed E-state index contributed by atoms with van der Waals surface area (Å²) in [7, 11) is 0. The molecule has 0 N–H and O–H groups in total. The first-order chi connectivity index (χ1) is 4.31. The summed E-state index contributed by atoms with van der Waals surface area (Å²) in [6.45, 7) is 10.6. The Labute approximate surface area is 56.5 Å². The van der Waals surface area contributed by atoms with Crippen LogP contribution in [-0.2, 0) is 9.47 Å². The second kappa shape index (κ2) is 5.63. The van der Waals surface area contributed by atoms with Crippen molar-refractivity contribution < 1.29 is 9.47 Å². The van der Waals surface area contributed by atoms with E-state index in [0.29, 0.717) is 25.6 Å². The van der Waals surface area contributed by atoms with Crippen LogP contribution < -0.4 is 0 Å². The Morgan fingerprint density at radius 3 is 2.67 bits per heavy atom. The summed E-state index contributed by atoms with van der Waals surface area (Å²) in [5, 5.41) is 0. The van der Waals surface area contributed by atoms with Gasteiger partial charge in [-0.05, 0) is 13.8 Å². The van der Waals surface area contributed by atoms with Gasteiger partial charge in [0.2, 0.25) is 0 Å². The third kappa shape index (κ3) is 5.37. The van der Waals surface area contributed by atoms with Crippen LogP contribution in [0.3, 0.4) is 0 Å². The van der Waals surface area contributed by atoms with E-state index in [-0.39, 0.29) is 0 Å². The van der Waals surface area contributed by atoms with Gasteiger partial charge in [-0.1, -0.05) is 6.58 Å². The van der Waals surface area contributed by atoms with Crippen LogP contribution in [0.25, 0.3) is 0 Å². The second-order valence-electron chi connectivity index (χ2n) is 1.52. The van der Waals surface area contributed by atoms with E-state index >= 15 is 0 Å². The van der Waals surface area contributed by atoms with Crippen LogP contribution >= 0.6 is 0 Å². The molecule has 0 amide bonds. The fraction of sp³-hybridized carbons (Fsp3) is 0.571. The van der Waals surface area contributed by atoms with Crippen LogP contribution in [0.5, 0.6) is 0 Å². The van der Waals surface area contributed by atoms with Crippen LogP contribution in [-0.4, -0.2) is 19.8 Å². The number of hydrogen-bond donors (Lipinski definition) is 0. The van der Waals surface area contributed by atoms with Crippen molar-refractivity contribution in [3.63, 3.8) is 0 Å². The molecule has 2 heteroatoms. The summed E-state index contributed by atoms with van der Waals surface area (Å²) in [6, 6.07) is 0. The zero-order valence-electron chi connectivity index (χ0n) is 5.85. The standard InChI is InChI=1S/C7H13O2/c1-4-8-6-7(3)9-5-2/h1,3-6H2,2H3. The van der Waals surface area contributed by atoms with Gasteiger partial charge in [0.15, 0.2) is 0 Å². The van der Waals surface area contributed by atoms with Gasteiger partial charge >= 0.3 is 0 Å². The van der Waals surface area contributed by atoms with Crippen LogP contribution in [0, 0.1) is 6.92 Å². The Morgan fingerprint density at radius 1 is 1.56 bits per heavy atom. The lowest BCUT2D eigenvalue weighted by Gasteiger charge is -2.04. The average Bonchev–Trinajstić information content (AvgIpc) is 1.85. The number of rotatable bonds is 5. The van der Waals surface area contributed by atoms with Crippen LogP contribution in [0.2, 0.25) is 0 Å². The van der Waals surface area contributed by atoms with Crippen LogP contribution in [0.4, 0.5) is 0 Å². The largest absolute Gasteiger partial charge is 0.496 e. The van der Waals surface area contributed by atoms with Crippen LogP contribution in [0.1, 0.15) is 6.92 Å². The zero-order chi connectivity index (χ0) is 7.11. The van der Waals surface area contributed by atoms with E-state index in [1.54, 1.807) is 0 Å². The molecule has 2 nitrogen and oxygen atoms in total. The molecule has 0 aliphatic rings. The minimum absolute atomic E-state index is 0.456. The van der Waals surface area contributed by atoms with Crippen molar-refractivity contribution in [1.29, 1.82) is 0 Å². The third-order valence-corrected chi connectivity index (χ3v) is 0.756. The molecular weight excluding hydrogens is 116 g/mol. The zero-order valence-corrected chi connectivity index (χ0v) is 5.85. The highest BCUT2D eigenvalue weighted by Gasteiger charge is 1.89. The van der Waals surface area contributed by atoms with E-state index in [4.69, 9.17) is 9.47 Å². The summed E-state index contributed by atoms with van der Waals surface area (Å²) >= 11 is 0. The molecule has 9 heavy (non-hydrogen) atoms. The first-order valence-corrected chi connectivity index (χ1v) is 2.98. The molecule has 0 aromatic rings. The molecule has 0 rings (SSSR count). The first kappa shape index (κ1) is 8.50. The fourth-order valence-corrected chi connectivity index (χ4v) is 0.432. The first-order valence-electron chi connectivity index (χ1n) is 2.98. The highest BCUT2D eigenvalue weighted by molar-refractivity contribution is 4.81. The van der Waals surface area contributed by atoms with E-state index in [1.807, 2.05) is 6.92 Å². The van der Waals surface area contributed by atoms with Gasteiger partial charge in [-0.25, -0.2) is 0 Å². The minimum Gasteiger partial charge on any atom is -0.496 e. The topological polar surface area (TPSA) is 18.5 Å². The van der Waals surface area contributed by atoms with Gasteiger partial charge in [0, 0.05) is 6.61 Å². The van der Waals surface area contributed by atoms with E-state index in [1.165, 1.54) is 0 Å². The Balaban J connectivity index is 3.06. The van der Waals surface area contributed by atoms with Gasteiger partial charge < -0.3 is 9.47 Å². The second-order valence-corrected chi connectivity index (χ2v) is 1.52. The quantitative estimate of drug-likeness (QED) is 0.522. The molecule has 0 atom stereocenters. The normalized spacial score (nSPS) is 9.11. The molecule has 0 saturated carbocycles. The Bertz CT molecular complexity index is 79.0. The van der Waals surface area contributed by atoms with Crippen molar-refractivity contribution in [3.8, 4) is 0 Å². The molecule has 0 heterocycles. The van der Waals surface area contributed by atoms with Gasteiger partial charge in [0.1, 0.15) is 12.4 Å².